The summed E-state index contributed by atoms with van der Waals surface area (Å²) < 4.78 is 1.13. The van der Waals surface area contributed by atoms with Crippen LogP contribution in [0.5, 0.6) is 0 Å². The van der Waals surface area contributed by atoms with Crippen LogP contribution in [0.4, 0.5) is 0 Å². The topological polar surface area (TPSA) is 12.0 Å². The molecular weight excluding hydrogens is 306 g/mol. The molecule has 1 aromatic heterocycles. The average Bonchev–Trinajstić information content (AvgIpc) is 2.86. The number of nitrogens with one attached hydrogen (secondary N) is 1. The first-order valence-electron chi connectivity index (χ1n) is 6.25. The van der Waals surface area contributed by atoms with E-state index in [9.17, 15) is 0 Å². The molecule has 2 aromatic rings. The van der Waals surface area contributed by atoms with Gasteiger partial charge in [-0.15, -0.1) is 11.3 Å². The molecule has 0 aliphatic rings. The van der Waals surface area contributed by atoms with Crippen LogP contribution in [0.2, 0.25) is 0 Å². The summed E-state index contributed by atoms with van der Waals surface area (Å²) in [6, 6.07) is 13.4. The standard InChI is InChI=1S/C15H18BrNS/c1-3-14-8-9-15(18-14)11(2)17-10-12-4-6-13(16)7-5-12/h4-9,11,17H,3,10H2,1-2H3. The minimum atomic E-state index is 0.416. The van der Waals surface area contributed by atoms with Crippen molar-refractivity contribution >= 4 is 27.3 Å². The van der Waals surface area contributed by atoms with Crippen molar-refractivity contribution in [1.29, 1.82) is 0 Å². The van der Waals surface area contributed by atoms with E-state index in [1.165, 1.54) is 15.3 Å². The molecule has 0 aliphatic carbocycles. The third-order valence-electron chi connectivity index (χ3n) is 2.98. The lowest BCUT2D eigenvalue weighted by atomic mass is 10.2. The van der Waals surface area contributed by atoms with Gasteiger partial charge in [0.25, 0.3) is 0 Å². The number of thiophene rings is 1. The van der Waals surface area contributed by atoms with Gasteiger partial charge in [-0.3, -0.25) is 0 Å². The summed E-state index contributed by atoms with van der Waals surface area (Å²) in [6.45, 7) is 5.34. The number of hydrogen-bond donors (Lipinski definition) is 1. The van der Waals surface area contributed by atoms with Crippen LogP contribution in [-0.4, -0.2) is 0 Å². The highest BCUT2D eigenvalue weighted by atomic mass is 79.9. The van der Waals surface area contributed by atoms with E-state index in [0.29, 0.717) is 6.04 Å². The van der Waals surface area contributed by atoms with Gasteiger partial charge in [-0.1, -0.05) is 35.0 Å². The predicted molar refractivity (Wildman–Crippen MR) is 83.1 cm³/mol. The molecule has 1 heterocycles. The van der Waals surface area contributed by atoms with E-state index in [0.717, 1.165) is 17.4 Å². The Morgan fingerprint density at radius 2 is 1.89 bits per heavy atom. The molecule has 0 saturated heterocycles. The Morgan fingerprint density at radius 1 is 1.17 bits per heavy atom. The first-order chi connectivity index (χ1) is 8.69. The Balaban J connectivity index is 1.91. The Hall–Kier alpha value is -0.640. The zero-order valence-electron chi connectivity index (χ0n) is 10.7. The third kappa shape index (κ3) is 3.67. The van der Waals surface area contributed by atoms with Gasteiger partial charge in [0.2, 0.25) is 0 Å². The molecule has 1 unspecified atom stereocenters. The first-order valence-corrected chi connectivity index (χ1v) is 7.86. The van der Waals surface area contributed by atoms with Gasteiger partial charge in [0.1, 0.15) is 0 Å². The lowest BCUT2D eigenvalue weighted by Crippen LogP contribution is -2.16. The molecule has 0 spiro atoms. The second-order valence-corrected chi connectivity index (χ2v) is 6.50. The number of hydrogen-bond acceptors (Lipinski definition) is 2. The van der Waals surface area contributed by atoms with Gasteiger partial charge in [-0.2, -0.15) is 0 Å². The fourth-order valence-corrected chi connectivity index (χ4v) is 3.03. The molecule has 0 radical (unpaired) electrons. The predicted octanol–water partition coefficient (Wildman–Crippen LogP) is 4.92. The lowest BCUT2D eigenvalue weighted by molar-refractivity contribution is 0.583. The first kappa shape index (κ1) is 13.8. The maximum atomic E-state index is 3.57. The monoisotopic (exact) mass is 323 g/mol. The van der Waals surface area contributed by atoms with Gasteiger partial charge in [0, 0.05) is 26.8 Å². The summed E-state index contributed by atoms with van der Waals surface area (Å²) in [5.41, 5.74) is 1.32. The largest absolute Gasteiger partial charge is 0.305 e. The minimum absolute atomic E-state index is 0.416. The van der Waals surface area contributed by atoms with Crippen LogP contribution in [0.15, 0.2) is 40.9 Å². The van der Waals surface area contributed by atoms with Crippen LogP contribution >= 0.6 is 27.3 Å². The van der Waals surface area contributed by atoms with Crippen molar-refractivity contribution in [2.75, 3.05) is 0 Å². The zero-order valence-corrected chi connectivity index (χ0v) is 13.1. The molecule has 0 fully saturated rings. The van der Waals surface area contributed by atoms with Gasteiger partial charge in [-0.05, 0) is 43.2 Å². The Kier molecular flexibility index (Phi) is 4.98. The molecule has 1 nitrogen and oxygen atoms in total. The summed E-state index contributed by atoms with van der Waals surface area (Å²) >= 11 is 5.36. The fourth-order valence-electron chi connectivity index (χ4n) is 1.79. The number of halogens is 1. The zero-order chi connectivity index (χ0) is 13.0. The van der Waals surface area contributed by atoms with Crippen LogP contribution in [0.3, 0.4) is 0 Å². The summed E-state index contributed by atoms with van der Waals surface area (Å²) in [4.78, 5) is 2.88. The Labute approximate surface area is 121 Å². The van der Waals surface area contributed by atoms with Gasteiger partial charge in [-0.25, -0.2) is 0 Å². The van der Waals surface area contributed by atoms with E-state index in [4.69, 9.17) is 0 Å². The maximum absolute atomic E-state index is 3.57. The minimum Gasteiger partial charge on any atom is -0.305 e. The van der Waals surface area contributed by atoms with Crippen molar-refractivity contribution in [3.8, 4) is 0 Å². The number of rotatable bonds is 5. The molecule has 96 valence electrons. The molecular formula is C15H18BrNS. The average molecular weight is 324 g/mol. The number of benzene rings is 1. The van der Waals surface area contributed by atoms with Crippen LogP contribution in [0.25, 0.3) is 0 Å². The molecule has 0 aliphatic heterocycles. The molecule has 1 N–H and O–H groups in total. The highest BCUT2D eigenvalue weighted by Crippen LogP contribution is 2.23. The second-order valence-electron chi connectivity index (χ2n) is 4.39. The van der Waals surface area contributed by atoms with Crippen LogP contribution < -0.4 is 5.32 Å². The summed E-state index contributed by atoms with van der Waals surface area (Å²) in [7, 11) is 0. The van der Waals surface area contributed by atoms with E-state index < -0.39 is 0 Å². The van der Waals surface area contributed by atoms with Crippen LogP contribution in [0, 0.1) is 0 Å². The lowest BCUT2D eigenvalue weighted by Gasteiger charge is -2.12. The third-order valence-corrected chi connectivity index (χ3v) is 4.92. The van der Waals surface area contributed by atoms with E-state index in [1.54, 1.807) is 0 Å². The summed E-state index contributed by atoms with van der Waals surface area (Å²) in [5, 5.41) is 3.57. The van der Waals surface area contributed by atoms with E-state index in [-0.39, 0.29) is 0 Å². The molecule has 1 atom stereocenters. The van der Waals surface area contributed by atoms with E-state index >= 15 is 0 Å². The Morgan fingerprint density at radius 3 is 2.50 bits per heavy atom. The molecule has 0 bridgehead atoms. The second kappa shape index (κ2) is 6.50. The van der Waals surface area contributed by atoms with Gasteiger partial charge < -0.3 is 5.32 Å². The number of aryl methyl sites for hydroxylation is 1. The highest BCUT2D eigenvalue weighted by molar-refractivity contribution is 9.10. The van der Waals surface area contributed by atoms with Crippen molar-refractivity contribution in [1.82, 2.24) is 5.32 Å². The van der Waals surface area contributed by atoms with Crippen molar-refractivity contribution < 1.29 is 0 Å². The molecule has 0 amide bonds. The molecule has 0 saturated carbocycles. The van der Waals surface area contributed by atoms with Crippen molar-refractivity contribution in [2.24, 2.45) is 0 Å². The fraction of sp³-hybridized carbons (Fsp3) is 0.333. The summed E-state index contributed by atoms with van der Waals surface area (Å²) in [5.74, 6) is 0. The smallest absolute Gasteiger partial charge is 0.0388 e. The maximum Gasteiger partial charge on any atom is 0.0388 e. The van der Waals surface area contributed by atoms with Crippen LogP contribution in [0.1, 0.15) is 35.2 Å². The van der Waals surface area contributed by atoms with Crippen LogP contribution in [-0.2, 0) is 13.0 Å². The van der Waals surface area contributed by atoms with Crippen molar-refractivity contribution in [3.05, 3.63) is 56.2 Å². The van der Waals surface area contributed by atoms with Gasteiger partial charge in [0.05, 0.1) is 0 Å². The molecule has 2 rings (SSSR count). The van der Waals surface area contributed by atoms with Gasteiger partial charge in [0.15, 0.2) is 0 Å². The normalized spacial score (nSPS) is 12.6. The van der Waals surface area contributed by atoms with Gasteiger partial charge >= 0.3 is 0 Å². The van der Waals surface area contributed by atoms with E-state index in [1.807, 2.05) is 11.3 Å². The SMILES string of the molecule is CCc1ccc(C(C)NCc2ccc(Br)cc2)s1. The van der Waals surface area contributed by atoms with Crippen molar-refractivity contribution in [2.45, 2.75) is 32.9 Å². The molecule has 18 heavy (non-hydrogen) atoms. The Bertz CT molecular complexity index is 489. The highest BCUT2D eigenvalue weighted by Gasteiger charge is 2.07. The van der Waals surface area contributed by atoms with Crippen molar-refractivity contribution in [3.63, 3.8) is 0 Å². The summed E-state index contributed by atoms with van der Waals surface area (Å²) in [6.07, 6.45) is 1.13. The molecule has 3 heteroatoms. The quantitative estimate of drug-likeness (QED) is 0.823. The van der Waals surface area contributed by atoms with E-state index in [2.05, 4.69) is 71.5 Å². The molecule has 1 aromatic carbocycles.